The summed E-state index contributed by atoms with van der Waals surface area (Å²) in [5, 5.41) is 0. The van der Waals surface area contributed by atoms with Gasteiger partial charge >= 0.3 is 5.97 Å². The van der Waals surface area contributed by atoms with E-state index in [2.05, 4.69) is 0 Å². The summed E-state index contributed by atoms with van der Waals surface area (Å²) in [6, 6.07) is 11.0. The van der Waals surface area contributed by atoms with Crippen LogP contribution in [0.1, 0.15) is 15.9 Å². The highest BCUT2D eigenvalue weighted by Gasteiger charge is 2.19. The van der Waals surface area contributed by atoms with E-state index in [0.29, 0.717) is 17.2 Å². The Balaban J connectivity index is 2.15. The molecule has 0 aliphatic heterocycles. The number of hydrogen-bond donors (Lipinski definition) is 0. The number of ether oxygens (including phenoxy) is 4. The average Bonchev–Trinajstić information content (AvgIpc) is 2.65. The number of benzene rings is 2. The fourth-order valence-corrected chi connectivity index (χ4v) is 2.55. The molecule has 5 nitrogen and oxygen atoms in total. The maximum atomic E-state index is 12.4. The number of carbonyl (C=O) groups excluding carboxylic acids is 1. The van der Waals surface area contributed by atoms with Crippen LogP contribution in [0.4, 0.5) is 0 Å². The van der Waals surface area contributed by atoms with Gasteiger partial charge in [0.25, 0.3) is 0 Å². The molecular weight excluding hydrogens is 328 g/mol. The maximum Gasteiger partial charge on any atom is 0.342 e. The van der Waals surface area contributed by atoms with Crippen LogP contribution in [0.15, 0.2) is 41.3 Å². The van der Waals surface area contributed by atoms with Crippen molar-refractivity contribution in [2.45, 2.75) is 11.5 Å². The lowest BCUT2D eigenvalue weighted by Gasteiger charge is -2.13. The standard InChI is InChI=1S/C18H20O5S/c1-20-15-10-17(22-3)16(21-2)9-14(15)18(19)23-11-12-5-7-13(24-4)8-6-12/h5-10H,11H2,1-4H3. The van der Waals surface area contributed by atoms with E-state index in [1.54, 1.807) is 23.9 Å². The molecule has 0 spiro atoms. The van der Waals surface area contributed by atoms with Crippen molar-refractivity contribution >= 4 is 17.7 Å². The summed E-state index contributed by atoms with van der Waals surface area (Å²) in [5.74, 6) is 0.810. The van der Waals surface area contributed by atoms with E-state index in [1.165, 1.54) is 21.3 Å². The fourth-order valence-electron chi connectivity index (χ4n) is 2.14. The van der Waals surface area contributed by atoms with Gasteiger partial charge in [-0.15, -0.1) is 11.8 Å². The summed E-state index contributed by atoms with van der Waals surface area (Å²) in [6.45, 7) is 0.186. The third-order valence-electron chi connectivity index (χ3n) is 3.45. The highest BCUT2D eigenvalue weighted by atomic mass is 32.2. The van der Waals surface area contributed by atoms with Crippen molar-refractivity contribution in [2.75, 3.05) is 27.6 Å². The maximum absolute atomic E-state index is 12.4. The van der Waals surface area contributed by atoms with E-state index in [1.807, 2.05) is 30.5 Å². The Morgan fingerprint density at radius 3 is 2.04 bits per heavy atom. The van der Waals surface area contributed by atoms with Crippen LogP contribution < -0.4 is 14.2 Å². The van der Waals surface area contributed by atoms with Crippen molar-refractivity contribution in [3.63, 3.8) is 0 Å². The van der Waals surface area contributed by atoms with Gasteiger partial charge in [0.1, 0.15) is 17.9 Å². The van der Waals surface area contributed by atoms with Gasteiger partial charge in [-0.05, 0) is 24.0 Å². The number of rotatable bonds is 7. The van der Waals surface area contributed by atoms with Crippen LogP contribution in [-0.2, 0) is 11.3 Å². The second kappa shape index (κ2) is 8.49. The molecule has 2 rings (SSSR count). The lowest BCUT2D eigenvalue weighted by atomic mass is 10.1. The quantitative estimate of drug-likeness (QED) is 0.560. The highest BCUT2D eigenvalue weighted by Crippen LogP contribution is 2.35. The summed E-state index contributed by atoms with van der Waals surface area (Å²) in [7, 11) is 4.51. The molecule has 0 saturated heterocycles. The molecule has 0 atom stereocenters. The van der Waals surface area contributed by atoms with Crippen LogP contribution in [0.3, 0.4) is 0 Å². The van der Waals surface area contributed by atoms with Crippen molar-refractivity contribution < 1.29 is 23.7 Å². The van der Waals surface area contributed by atoms with Crippen LogP contribution in [0.25, 0.3) is 0 Å². The molecule has 0 amide bonds. The molecule has 24 heavy (non-hydrogen) atoms. The molecule has 128 valence electrons. The lowest BCUT2D eigenvalue weighted by molar-refractivity contribution is 0.0468. The first-order valence-corrected chi connectivity index (χ1v) is 8.45. The van der Waals surface area contributed by atoms with Gasteiger partial charge in [-0.1, -0.05) is 12.1 Å². The number of thioether (sulfide) groups is 1. The predicted octanol–water partition coefficient (Wildman–Crippen LogP) is 3.79. The van der Waals surface area contributed by atoms with Crippen LogP contribution in [0, 0.1) is 0 Å². The lowest BCUT2D eigenvalue weighted by Crippen LogP contribution is -2.08. The third-order valence-corrected chi connectivity index (χ3v) is 4.20. The summed E-state index contributed by atoms with van der Waals surface area (Å²) in [4.78, 5) is 13.5. The number of methoxy groups -OCH3 is 3. The Kier molecular flexibility index (Phi) is 6.37. The molecule has 6 heteroatoms. The van der Waals surface area contributed by atoms with Gasteiger partial charge in [-0.2, -0.15) is 0 Å². The summed E-state index contributed by atoms with van der Waals surface area (Å²) < 4.78 is 21.1. The Bertz CT molecular complexity index is 697. The fraction of sp³-hybridized carbons (Fsp3) is 0.278. The normalized spacial score (nSPS) is 10.2. The van der Waals surface area contributed by atoms with Crippen molar-refractivity contribution in [3.8, 4) is 17.2 Å². The zero-order valence-electron chi connectivity index (χ0n) is 14.1. The first kappa shape index (κ1) is 18.0. The largest absolute Gasteiger partial charge is 0.496 e. The van der Waals surface area contributed by atoms with Gasteiger partial charge in [0.2, 0.25) is 0 Å². The van der Waals surface area contributed by atoms with E-state index in [4.69, 9.17) is 18.9 Å². The number of carbonyl (C=O) groups is 1. The zero-order valence-corrected chi connectivity index (χ0v) is 14.9. The molecule has 0 unspecified atom stereocenters. The minimum atomic E-state index is -0.484. The minimum Gasteiger partial charge on any atom is -0.496 e. The van der Waals surface area contributed by atoms with Crippen molar-refractivity contribution in [1.82, 2.24) is 0 Å². The smallest absolute Gasteiger partial charge is 0.342 e. The summed E-state index contributed by atoms with van der Waals surface area (Å²) >= 11 is 1.66. The molecular formula is C18H20O5S. The molecule has 0 aliphatic carbocycles. The molecule has 0 N–H and O–H groups in total. The molecule has 0 radical (unpaired) electrons. The Morgan fingerprint density at radius 1 is 0.917 bits per heavy atom. The second-order valence-electron chi connectivity index (χ2n) is 4.83. The van der Waals surface area contributed by atoms with E-state index >= 15 is 0 Å². The third kappa shape index (κ3) is 4.14. The zero-order chi connectivity index (χ0) is 17.5. The molecule has 0 heterocycles. The first-order valence-electron chi connectivity index (χ1n) is 7.23. The van der Waals surface area contributed by atoms with E-state index in [-0.39, 0.29) is 12.2 Å². The Morgan fingerprint density at radius 2 is 1.50 bits per heavy atom. The van der Waals surface area contributed by atoms with Crippen molar-refractivity contribution in [2.24, 2.45) is 0 Å². The van der Waals surface area contributed by atoms with Crippen LogP contribution in [0.2, 0.25) is 0 Å². The average molecular weight is 348 g/mol. The van der Waals surface area contributed by atoms with Gasteiger partial charge in [0.05, 0.1) is 21.3 Å². The van der Waals surface area contributed by atoms with E-state index in [9.17, 15) is 4.79 Å². The highest BCUT2D eigenvalue weighted by molar-refractivity contribution is 7.98. The molecule has 2 aromatic carbocycles. The van der Waals surface area contributed by atoms with Crippen LogP contribution in [-0.4, -0.2) is 33.6 Å². The number of hydrogen-bond acceptors (Lipinski definition) is 6. The Hall–Kier alpha value is -2.34. The van der Waals surface area contributed by atoms with Gasteiger partial charge in [-0.3, -0.25) is 0 Å². The van der Waals surface area contributed by atoms with Crippen molar-refractivity contribution in [3.05, 3.63) is 47.5 Å². The van der Waals surface area contributed by atoms with Crippen molar-refractivity contribution in [1.29, 1.82) is 0 Å². The molecule has 0 saturated carbocycles. The topological polar surface area (TPSA) is 54.0 Å². The van der Waals surface area contributed by atoms with E-state index < -0.39 is 5.97 Å². The van der Waals surface area contributed by atoms with Gasteiger partial charge in [-0.25, -0.2) is 4.79 Å². The SMILES string of the molecule is COc1cc(OC)c(C(=O)OCc2ccc(SC)cc2)cc1OC. The minimum absolute atomic E-state index is 0.186. The molecule has 0 aromatic heterocycles. The number of esters is 1. The molecule has 0 bridgehead atoms. The molecule has 0 aliphatic rings. The summed E-state index contributed by atoms with van der Waals surface area (Å²) in [6.07, 6.45) is 2.01. The first-order chi connectivity index (χ1) is 11.6. The second-order valence-corrected chi connectivity index (χ2v) is 5.71. The molecule has 2 aromatic rings. The van der Waals surface area contributed by atoms with Crippen LogP contribution >= 0.6 is 11.8 Å². The summed E-state index contributed by atoms with van der Waals surface area (Å²) in [5.41, 5.74) is 1.21. The Labute approximate surface area is 145 Å². The van der Waals surface area contributed by atoms with E-state index in [0.717, 1.165) is 10.5 Å². The van der Waals surface area contributed by atoms with Crippen LogP contribution in [0.5, 0.6) is 17.2 Å². The molecule has 0 fully saturated rings. The van der Waals surface area contributed by atoms with Gasteiger partial charge < -0.3 is 18.9 Å². The monoisotopic (exact) mass is 348 g/mol. The van der Waals surface area contributed by atoms with Gasteiger partial charge in [0.15, 0.2) is 11.5 Å². The predicted molar refractivity (Wildman–Crippen MR) is 93.4 cm³/mol. The van der Waals surface area contributed by atoms with Gasteiger partial charge in [0, 0.05) is 17.0 Å².